The van der Waals surface area contributed by atoms with Crippen LogP contribution in [0.1, 0.15) is 115 Å². The molecule has 2 heterocycles. The molecule has 0 saturated carbocycles. The van der Waals surface area contributed by atoms with Gasteiger partial charge in [-0.3, -0.25) is 4.57 Å². The van der Waals surface area contributed by atoms with Gasteiger partial charge in [0, 0.05) is 6.61 Å². The Bertz CT molecular complexity index is 1000. The Labute approximate surface area is 224 Å². The fourth-order valence-electron chi connectivity index (χ4n) is 4.95. The molecule has 1 aromatic carbocycles. The van der Waals surface area contributed by atoms with E-state index in [0.29, 0.717) is 23.6 Å². The average Bonchev–Trinajstić information content (AvgIpc) is 3.35. The molecule has 0 bridgehead atoms. The van der Waals surface area contributed by atoms with E-state index in [1.807, 2.05) is 16.7 Å². The van der Waals surface area contributed by atoms with Gasteiger partial charge in [0.15, 0.2) is 17.0 Å². The fraction of sp³-hybridized carbons (Fsp3) is 0.645. The van der Waals surface area contributed by atoms with E-state index in [4.69, 9.17) is 10.5 Å². The van der Waals surface area contributed by atoms with Crippen LogP contribution in [0.25, 0.3) is 16.9 Å². The highest BCUT2D eigenvalue weighted by molar-refractivity contribution is 5.82. The van der Waals surface area contributed by atoms with Crippen LogP contribution in [0.15, 0.2) is 30.9 Å². The van der Waals surface area contributed by atoms with E-state index in [0.717, 1.165) is 30.7 Å². The number of aromatic nitrogens is 4. The van der Waals surface area contributed by atoms with Crippen LogP contribution in [0.2, 0.25) is 0 Å². The molecule has 0 saturated heterocycles. The monoisotopic (exact) mass is 506 g/mol. The predicted molar refractivity (Wildman–Crippen MR) is 154 cm³/mol. The standard InChI is InChI=1S/C31H48N5O/c1-2-3-4-5-6-7-8-9-10-11-12-13-14-15-16-19-23-37-24-22-27-20-17-18-21-28(27)36-26-35-29-30(32)33-25-34-31(29)36/h17-18,21,25-26H,2-16,19,22-24H2,1H3,(H2,32,33,34). The molecular formula is C31H48N5O. The summed E-state index contributed by atoms with van der Waals surface area (Å²) < 4.78 is 7.90. The molecule has 6 nitrogen and oxygen atoms in total. The lowest BCUT2D eigenvalue weighted by Gasteiger charge is -2.11. The second-order valence-corrected chi connectivity index (χ2v) is 10.2. The minimum atomic E-state index is 0.396. The summed E-state index contributed by atoms with van der Waals surface area (Å²) >= 11 is 0. The second kappa shape index (κ2) is 17.9. The average molecular weight is 507 g/mol. The lowest BCUT2D eigenvalue weighted by atomic mass is 10.0. The molecule has 0 aliphatic rings. The molecule has 0 aliphatic heterocycles. The Morgan fingerprint density at radius 2 is 1.41 bits per heavy atom. The van der Waals surface area contributed by atoms with Crippen LogP contribution in [0.5, 0.6) is 0 Å². The highest BCUT2D eigenvalue weighted by Crippen LogP contribution is 2.22. The third-order valence-corrected chi connectivity index (χ3v) is 7.18. The van der Waals surface area contributed by atoms with Gasteiger partial charge in [0.05, 0.1) is 12.3 Å². The number of rotatable bonds is 21. The second-order valence-electron chi connectivity index (χ2n) is 10.2. The van der Waals surface area contributed by atoms with Crippen molar-refractivity contribution in [1.29, 1.82) is 0 Å². The van der Waals surface area contributed by atoms with E-state index in [-0.39, 0.29) is 0 Å². The van der Waals surface area contributed by atoms with Crippen molar-refractivity contribution in [1.82, 2.24) is 19.5 Å². The van der Waals surface area contributed by atoms with Gasteiger partial charge in [0.2, 0.25) is 0 Å². The first-order valence-corrected chi connectivity index (χ1v) is 14.8. The van der Waals surface area contributed by atoms with E-state index in [9.17, 15) is 0 Å². The van der Waals surface area contributed by atoms with E-state index in [1.54, 1.807) is 6.33 Å². The summed E-state index contributed by atoms with van der Waals surface area (Å²) in [6.07, 6.45) is 26.2. The van der Waals surface area contributed by atoms with Gasteiger partial charge in [0.25, 0.3) is 0 Å². The molecule has 0 unspecified atom stereocenters. The predicted octanol–water partition coefficient (Wildman–Crippen LogP) is 8.02. The summed E-state index contributed by atoms with van der Waals surface area (Å²) in [6, 6.07) is 9.34. The number of hydrogen-bond donors (Lipinski definition) is 1. The number of unbranched alkanes of at least 4 members (excludes halogenated alkanes) is 15. The third kappa shape index (κ3) is 10.4. The number of hydrogen-bond acceptors (Lipinski definition) is 5. The van der Waals surface area contributed by atoms with Crippen molar-refractivity contribution in [3.05, 3.63) is 42.5 Å². The zero-order valence-corrected chi connectivity index (χ0v) is 23.1. The van der Waals surface area contributed by atoms with Gasteiger partial charge >= 0.3 is 0 Å². The van der Waals surface area contributed by atoms with Crippen molar-refractivity contribution in [2.75, 3.05) is 18.9 Å². The largest absolute Gasteiger partial charge is 0.382 e. The lowest BCUT2D eigenvalue weighted by molar-refractivity contribution is 0.132. The van der Waals surface area contributed by atoms with E-state index < -0.39 is 0 Å². The number of nitrogens with two attached hydrogens (primary N) is 1. The minimum Gasteiger partial charge on any atom is -0.382 e. The Morgan fingerprint density at radius 3 is 2.05 bits per heavy atom. The van der Waals surface area contributed by atoms with Gasteiger partial charge in [-0.25, -0.2) is 15.0 Å². The topological polar surface area (TPSA) is 78.9 Å². The number of nitrogens with zero attached hydrogens (tertiary/aromatic N) is 4. The van der Waals surface area contributed by atoms with Crippen molar-refractivity contribution >= 4 is 17.0 Å². The molecule has 0 spiro atoms. The van der Waals surface area contributed by atoms with Gasteiger partial charge in [-0.1, -0.05) is 115 Å². The molecule has 2 N–H and O–H groups in total. The summed E-state index contributed by atoms with van der Waals surface area (Å²) in [5.41, 5.74) is 9.37. The molecule has 3 rings (SSSR count). The number of benzene rings is 1. The van der Waals surface area contributed by atoms with Gasteiger partial charge < -0.3 is 10.5 Å². The molecule has 1 radical (unpaired) electrons. The summed E-state index contributed by atoms with van der Waals surface area (Å²) in [7, 11) is 0. The smallest absolute Gasteiger partial charge is 0.170 e. The summed E-state index contributed by atoms with van der Waals surface area (Å²) in [4.78, 5) is 12.8. The van der Waals surface area contributed by atoms with Gasteiger partial charge in [-0.2, -0.15) is 0 Å². The number of fused-ring (bicyclic) bond motifs is 1. The van der Waals surface area contributed by atoms with Crippen molar-refractivity contribution in [3.8, 4) is 5.69 Å². The van der Waals surface area contributed by atoms with E-state index >= 15 is 0 Å². The number of imidazole rings is 1. The molecular weight excluding hydrogens is 458 g/mol. The van der Waals surface area contributed by atoms with E-state index in [1.165, 1.54) is 103 Å². The van der Waals surface area contributed by atoms with Crippen molar-refractivity contribution in [2.45, 2.75) is 116 Å². The van der Waals surface area contributed by atoms with Crippen LogP contribution in [0.3, 0.4) is 0 Å². The lowest BCUT2D eigenvalue weighted by Crippen LogP contribution is -2.05. The number of anilines is 1. The molecule has 6 heteroatoms. The summed E-state index contributed by atoms with van der Waals surface area (Å²) in [5, 5.41) is 0. The van der Waals surface area contributed by atoms with Gasteiger partial charge in [-0.05, 0) is 30.5 Å². The number of nitrogen functional groups attached to an aromatic ring is 1. The number of ether oxygens (including phenoxy) is 1. The van der Waals surface area contributed by atoms with Crippen LogP contribution in [-0.4, -0.2) is 32.7 Å². The van der Waals surface area contributed by atoms with Crippen molar-refractivity contribution in [2.24, 2.45) is 0 Å². The molecule has 3 aromatic rings. The van der Waals surface area contributed by atoms with Crippen LogP contribution < -0.4 is 5.73 Å². The fourth-order valence-corrected chi connectivity index (χ4v) is 4.95. The van der Waals surface area contributed by atoms with Crippen molar-refractivity contribution < 1.29 is 4.74 Å². The summed E-state index contributed by atoms with van der Waals surface area (Å²) in [5.74, 6) is 0.396. The van der Waals surface area contributed by atoms with Gasteiger partial charge in [-0.15, -0.1) is 0 Å². The SMILES string of the molecule is CCCCCCCCCCCCCCCCCCOCCc1[c]cccc1-n1cnc2c(N)ncnc21. The van der Waals surface area contributed by atoms with Crippen molar-refractivity contribution in [3.63, 3.8) is 0 Å². The normalized spacial score (nSPS) is 11.5. The first-order chi connectivity index (χ1) is 18.3. The maximum Gasteiger partial charge on any atom is 0.170 e. The highest BCUT2D eigenvalue weighted by Gasteiger charge is 2.12. The summed E-state index contributed by atoms with van der Waals surface area (Å²) in [6.45, 7) is 3.81. The maximum atomic E-state index is 5.95. The Hall–Kier alpha value is -2.47. The van der Waals surface area contributed by atoms with Gasteiger partial charge in [0.1, 0.15) is 12.7 Å². The molecule has 2 aromatic heterocycles. The molecule has 203 valence electrons. The quantitative estimate of drug-likeness (QED) is 0.148. The van der Waals surface area contributed by atoms with Crippen LogP contribution >= 0.6 is 0 Å². The molecule has 0 fully saturated rings. The Kier molecular flexibility index (Phi) is 14.1. The minimum absolute atomic E-state index is 0.396. The molecule has 0 aliphatic carbocycles. The van der Waals surface area contributed by atoms with Crippen LogP contribution in [-0.2, 0) is 11.2 Å². The zero-order valence-electron chi connectivity index (χ0n) is 23.1. The van der Waals surface area contributed by atoms with Crippen LogP contribution in [0, 0.1) is 6.07 Å². The molecule has 0 amide bonds. The van der Waals surface area contributed by atoms with E-state index in [2.05, 4.69) is 34.0 Å². The molecule has 0 atom stereocenters. The highest BCUT2D eigenvalue weighted by atomic mass is 16.5. The van der Waals surface area contributed by atoms with Crippen LogP contribution in [0.4, 0.5) is 5.82 Å². The maximum absolute atomic E-state index is 5.95. The third-order valence-electron chi connectivity index (χ3n) is 7.18. The Morgan fingerprint density at radius 1 is 0.784 bits per heavy atom. The zero-order chi connectivity index (χ0) is 26.0. The first kappa shape index (κ1) is 29.1. The molecule has 37 heavy (non-hydrogen) atoms. The first-order valence-electron chi connectivity index (χ1n) is 14.8. The Balaban J connectivity index is 1.18.